The smallest absolute Gasteiger partial charge is 0.311 e. The van der Waals surface area contributed by atoms with Gasteiger partial charge in [0.2, 0.25) is 11.8 Å². The van der Waals surface area contributed by atoms with Crippen molar-refractivity contribution in [2.24, 2.45) is 11.3 Å². The molecule has 0 spiro atoms. The zero-order valence-corrected chi connectivity index (χ0v) is 26.8. The van der Waals surface area contributed by atoms with Crippen molar-refractivity contribution < 1.29 is 32.3 Å². The van der Waals surface area contributed by atoms with E-state index in [0.717, 1.165) is 17.1 Å². The Bertz CT molecular complexity index is 1520. The van der Waals surface area contributed by atoms with Gasteiger partial charge >= 0.3 is 5.97 Å². The van der Waals surface area contributed by atoms with Crippen molar-refractivity contribution in [3.05, 3.63) is 53.6 Å². The maximum Gasteiger partial charge on any atom is 0.311 e. The van der Waals surface area contributed by atoms with Crippen molar-refractivity contribution >= 4 is 44.4 Å². The fourth-order valence-corrected chi connectivity index (χ4v) is 4.96. The van der Waals surface area contributed by atoms with Crippen molar-refractivity contribution in [1.29, 1.82) is 0 Å². The monoisotopic (exact) mass is 614 g/mol. The Morgan fingerprint density at radius 3 is 2.23 bits per heavy atom. The maximum absolute atomic E-state index is 13.8. The Labute approximate surface area is 253 Å². The molecule has 0 aliphatic carbocycles. The van der Waals surface area contributed by atoms with E-state index in [9.17, 15) is 27.6 Å². The molecule has 2 aromatic rings. The number of sulfone groups is 1. The number of nitrogens with one attached hydrogen (secondary N) is 2. The summed E-state index contributed by atoms with van der Waals surface area (Å²) in [6.07, 6.45) is 2.60. The van der Waals surface area contributed by atoms with Crippen LogP contribution in [0.4, 0.5) is 0 Å². The highest BCUT2D eigenvalue weighted by Gasteiger charge is 2.45. The first kappa shape index (κ1) is 33.7. The zero-order valence-electron chi connectivity index (χ0n) is 26.0. The molecule has 2 heterocycles. The van der Waals surface area contributed by atoms with Crippen LogP contribution in [-0.4, -0.2) is 78.5 Å². The third kappa shape index (κ3) is 9.09. The molecule has 2 N–H and O–H groups in total. The van der Waals surface area contributed by atoms with Gasteiger partial charge in [0, 0.05) is 23.6 Å². The SMILES string of the molecule is C[C@@H](C(=O)OC(C)(C)C)[C@@H](/C=C/S(C)(=O)=O)NC(=O)[C@H]1CCN1C(=O)[C@@H](NC(=O)c1ccc2ccccc2n1)C(C)(C)C. The van der Waals surface area contributed by atoms with E-state index in [-0.39, 0.29) is 5.69 Å². The lowest BCUT2D eigenvalue weighted by Gasteiger charge is -2.44. The summed E-state index contributed by atoms with van der Waals surface area (Å²) in [5.41, 5.74) is -0.679. The molecule has 1 aromatic carbocycles. The zero-order chi connectivity index (χ0) is 32.3. The Hall–Kier alpha value is -3.80. The summed E-state index contributed by atoms with van der Waals surface area (Å²) >= 11 is 0. The first-order chi connectivity index (χ1) is 19.8. The Balaban J connectivity index is 1.78. The van der Waals surface area contributed by atoms with Crippen molar-refractivity contribution in [3.8, 4) is 0 Å². The fraction of sp³-hybridized carbons (Fsp3) is 0.516. The number of amides is 3. The molecule has 0 unspecified atom stereocenters. The van der Waals surface area contributed by atoms with Gasteiger partial charge in [0.15, 0.2) is 9.84 Å². The highest BCUT2D eigenvalue weighted by Crippen LogP contribution is 2.27. The Morgan fingerprint density at radius 1 is 1.02 bits per heavy atom. The second-order valence-electron chi connectivity index (χ2n) is 13.0. The molecule has 4 atom stereocenters. The van der Waals surface area contributed by atoms with Crippen LogP contribution in [0.3, 0.4) is 0 Å². The number of carbonyl (C=O) groups excluding carboxylic acids is 4. The van der Waals surface area contributed by atoms with Crippen molar-refractivity contribution in [1.82, 2.24) is 20.5 Å². The van der Waals surface area contributed by atoms with Crippen molar-refractivity contribution in [2.45, 2.75) is 78.6 Å². The topological polar surface area (TPSA) is 152 Å². The molecular weight excluding hydrogens is 572 g/mol. The molecule has 1 fully saturated rings. The number of aromatic nitrogens is 1. The minimum absolute atomic E-state index is 0.162. The van der Waals surface area contributed by atoms with E-state index in [1.165, 1.54) is 17.9 Å². The van der Waals surface area contributed by atoms with Crippen LogP contribution in [0, 0.1) is 11.3 Å². The quantitative estimate of drug-likeness (QED) is 0.409. The lowest BCUT2D eigenvalue weighted by molar-refractivity contribution is -0.160. The average Bonchev–Trinajstić information content (AvgIpc) is 2.85. The van der Waals surface area contributed by atoms with Gasteiger partial charge in [0.25, 0.3) is 5.91 Å². The summed E-state index contributed by atoms with van der Waals surface area (Å²) in [7, 11) is -3.55. The van der Waals surface area contributed by atoms with Gasteiger partial charge in [-0.3, -0.25) is 19.2 Å². The Kier molecular flexibility index (Phi) is 10.1. The van der Waals surface area contributed by atoms with Crippen LogP contribution in [0.25, 0.3) is 10.9 Å². The van der Waals surface area contributed by atoms with Gasteiger partial charge in [0.1, 0.15) is 23.4 Å². The summed E-state index contributed by atoms with van der Waals surface area (Å²) in [6.45, 7) is 12.4. The molecule has 12 heteroatoms. The molecule has 3 amide bonds. The van der Waals surface area contributed by atoms with E-state index in [4.69, 9.17) is 4.74 Å². The number of pyridine rings is 1. The second kappa shape index (κ2) is 12.8. The van der Waals surface area contributed by atoms with E-state index < -0.39 is 68.6 Å². The summed E-state index contributed by atoms with van der Waals surface area (Å²) in [5, 5.41) is 7.34. The van der Waals surface area contributed by atoms with Crippen LogP contribution in [0.15, 0.2) is 47.9 Å². The van der Waals surface area contributed by atoms with Gasteiger partial charge in [-0.25, -0.2) is 13.4 Å². The largest absolute Gasteiger partial charge is 0.460 e. The first-order valence-corrected chi connectivity index (χ1v) is 16.1. The third-order valence-electron chi connectivity index (χ3n) is 6.98. The lowest BCUT2D eigenvalue weighted by Crippen LogP contribution is -2.65. The Morgan fingerprint density at radius 2 is 1.67 bits per heavy atom. The number of fused-ring (bicyclic) bond motifs is 1. The minimum Gasteiger partial charge on any atom is -0.460 e. The number of hydrogen-bond donors (Lipinski definition) is 2. The van der Waals surface area contributed by atoms with E-state index in [0.29, 0.717) is 18.5 Å². The number of rotatable bonds is 9. The predicted molar refractivity (Wildman–Crippen MR) is 163 cm³/mol. The number of benzene rings is 1. The second-order valence-corrected chi connectivity index (χ2v) is 14.9. The molecule has 43 heavy (non-hydrogen) atoms. The van der Waals surface area contributed by atoms with E-state index >= 15 is 0 Å². The number of ether oxygens (including phenoxy) is 1. The van der Waals surface area contributed by atoms with Crippen LogP contribution < -0.4 is 10.6 Å². The third-order valence-corrected chi connectivity index (χ3v) is 7.64. The van der Waals surface area contributed by atoms with Crippen molar-refractivity contribution in [3.63, 3.8) is 0 Å². The number of likely N-dealkylation sites (tertiary alicyclic amines) is 1. The van der Waals surface area contributed by atoms with Crippen LogP contribution in [0.2, 0.25) is 0 Å². The van der Waals surface area contributed by atoms with Crippen LogP contribution in [-0.2, 0) is 29.0 Å². The molecule has 1 saturated heterocycles. The fourth-order valence-electron chi connectivity index (χ4n) is 4.50. The minimum atomic E-state index is -3.55. The molecule has 0 bridgehead atoms. The van der Waals surface area contributed by atoms with E-state index in [1.54, 1.807) is 39.0 Å². The molecule has 234 valence electrons. The molecule has 1 aromatic heterocycles. The summed E-state index contributed by atoms with van der Waals surface area (Å²) in [5.74, 6) is -3.03. The predicted octanol–water partition coefficient (Wildman–Crippen LogP) is 3.00. The van der Waals surface area contributed by atoms with Gasteiger partial charge < -0.3 is 20.3 Å². The van der Waals surface area contributed by atoms with Gasteiger partial charge in [0.05, 0.1) is 17.5 Å². The molecule has 11 nitrogen and oxygen atoms in total. The molecule has 1 aliphatic heterocycles. The number of carbonyl (C=O) groups is 4. The van der Waals surface area contributed by atoms with Crippen LogP contribution in [0.5, 0.6) is 0 Å². The first-order valence-electron chi connectivity index (χ1n) is 14.2. The molecule has 0 saturated carbocycles. The molecule has 0 radical (unpaired) electrons. The average molecular weight is 615 g/mol. The van der Waals surface area contributed by atoms with Gasteiger partial charge in [-0.1, -0.05) is 51.1 Å². The van der Waals surface area contributed by atoms with Gasteiger partial charge in [-0.15, -0.1) is 0 Å². The number of nitrogens with zero attached hydrogens (tertiary/aromatic N) is 2. The summed E-state index contributed by atoms with van der Waals surface area (Å²) < 4.78 is 29.0. The normalized spacial score (nSPS) is 18.0. The van der Waals surface area contributed by atoms with Gasteiger partial charge in [-0.05, 0) is 51.7 Å². The molecule has 3 rings (SSSR count). The summed E-state index contributed by atoms with van der Waals surface area (Å²) in [6, 6.07) is 7.92. The van der Waals surface area contributed by atoms with Crippen molar-refractivity contribution in [2.75, 3.05) is 12.8 Å². The number of hydrogen-bond acceptors (Lipinski definition) is 8. The van der Waals surface area contributed by atoms with Crippen LogP contribution in [0.1, 0.15) is 65.4 Å². The highest BCUT2D eigenvalue weighted by atomic mass is 32.2. The number of esters is 1. The standard InChI is InChI=1S/C31H42N4O7S/c1-19(29(39)42-31(5,6)7)21(16-18-43(8,40)41)33-27(37)24-15-17-35(24)28(38)25(30(2,3)4)34-26(36)23-14-13-20-11-9-10-12-22(20)32-23/h9-14,16,18-19,21,24-25H,15,17H2,1-8H3,(H,33,37)(H,34,36)/b18-16+/t19-,21-,24-,25-/m1/s1. The lowest BCUT2D eigenvalue weighted by atomic mass is 9.84. The number of para-hydroxylation sites is 1. The molecular formula is C31H42N4O7S. The summed E-state index contributed by atoms with van der Waals surface area (Å²) in [4.78, 5) is 58.9. The molecule has 1 aliphatic rings. The van der Waals surface area contributed by atoms with E-state index in [1.807, 2.05) is 39.0 Å². The maximum atomic E-state index is 13.8. The highest BCUT2D eigenvalue weighted by molar-refractivity contribution is 7.93. The van der Waals surface area contributed by atoms with E-state index in [2.05, 4.69) is 15.6 Å². The van der Waals surface area contributed by atoms with Crippen LogP contribution >= 0.6 is 0 Å². The van der Waals surface area contributed by atoms with Gasteiger partial charge in [-0.2, -0.15) is 0 Å².